The molecule has 2 aromatic rings. The Labute approximate surface area is 182 Å². The molecule has 0 atom stereocenters. The van der Waals surface area contributed by atoms with Gasteiger partial charge in [0.2, 0.25) is 0 Å². The van der Waals surface area contributed by atoms with Crippen LogP contribution in [-0.4, -0.2) is 37.2 Å². The highest BCUT2D eigenvalue weighted by Gasteiger charge is 2.29. The van der Waals surface area contributed by atoms with E-state index >= 15 is 0 Å². The van der Waals surface area contributed by atoms with E-state index in [0.29, 0.717) is 31.6 Å². The van der Waals surface area contributed by atoms with Crippen LogP contribution in [0.5, 0.6) is 11.5 Å². The van der Waals surface area contributed by atoms with Gasteiger partial charge in [0.15, 0.2) is 16.7 Å². The van der Waals surface area contributed by atoms with Crippen molar-refractivity contribution in [2.24, 2.45) is 4.99 Å². The van der Waals surface area contributed by atoms with Crippen LogP contribution < -0.4 is 9.47 Å². The molecule has 0 saturated carbocycles. The summed E-state index contributed by atoms with van der Waals surface area (Å²) in [5.74, 6) is 0.952. The maximum absolute atomic E-state index is 12.4. The van der Waals surface area contributed by atoms with Crippen LogP contribution in [0.4, 0.5) is 0 Å². The Morgan fingerprint density at radius 2 is 2.10 bits per heavy atom. The maximum Gasteiger partial charge on any atom is 0.266 e. The molecule has 1 aliphatic heterocycles. The van der Waals surface area contributed by atoms with Crippen LogP contribution >= 0.6 is 27.7 Å². The van der Waals surface area contributed by atoms with Gasteiger partial charge in [-0.3, -0.25) is 14.7 Å². The van der Waals surface area contributed by atoms with Crippen molar-refractivity contribution >= 4 is 44.8 Å². The molecular weight excluding hydrogens is 454 g/mol. The van der Waals surface area contributed by atoms with E-state index < -0.39 is 0 Å². The minimum absolute atomic E-state index is 0.0980. The van der Waals surface area contributed by atoms with E-state index in [0.717, 1.165) is 11.1 Å². The molecule has 3 rings (SSSR count). The van der Waals surface area contributed by atoms with Crippen LogP contribution in [0.15, 0.2) is 50.8 Å². The zero-order chi connectivity index (χ0) is 21.0. The Morgan fingerprint density at radius 3 is 2.76 bits per heavy atom. The number of hydrogen-bond donors (Lipinski definition) is 0. The molecule has 1 heterocycles. The van der Waals surface area contributed by atoms with Crippen molar-refractivity contribution in [1.29, 1.82) is 5.26 Å². The van der Waals surface area contributed by atoms with Gasteiger partial charge >= 0.3 is 0 Å². The number of carbonyl (C=O) groups excluding carboxylic acids is 1. The van der Waals surface area contributed by atoms with Gasteiger partial charge in [-0.2, -0.15) is 5.26 Å². The highest BCUT2D eigenvalue weighted by atomic mass is 79.9. The number of amides is 1. The molecule has 0 radical (unpaired) electrons. The molecular formula is C21H18BrN3O3S. The number of nitriles is 1. The van der Waals surface area contributed by atoms with Crippen LogP contribution in [0.1, 0.15) is 16.7 Å². The number of benzene rings is 2. The zero-order valence-electron chi connectivity index (χ0n) is 16.1. The Morgan fingerprint density at radius 1 is 1.34 bits per heavy atom. The predicted octanol–water partition coefficient (Wildman–Crippen LogP) is 4.44. The Kier molecular flexibility index (Phi) is 6.62. The molecule has 1 amide bonds. The summed E-state index contributed by atoms with van der Waals surface area (Å²) in [4.78, 5) is 18.6. The second-order valence-electron chi connectivity index (χ2n) is 6.07. The fourth-order valence-electron chi connectivity index (χ4n) is 2.77. The molecule has 0 aromatic heterocycles. The van der Waals surface area contributed by atoms with Gasteiger partial charge in [0.05, 0.1) is 28.1 Å². The van der Waals surface area contributed by atoms with Crippen LogP contribution in [0.2, 0.25) is 0 Å². The summed E-state index contributed by atoms with van der Waals surface area (Å²) in [6.07, 6.45) is 1.80. The topological polar surface area (TPSA) is 74.9 Å². The lowest BCUT2D eigenvalue weighted by Gasteiger charge is -2.14. The highest BCUT2D eigenvalue weighted by Crippen LogP contribution is 2.39. The summed E-state index contributed by atoms with van der Waals surface area (Å²) >= 11 is 4.85. The number of halogens is 1. The molecule has 29 heavy (non-hydrogen) atoms. The third-order valence-corrected chi connectivity index (χ3v) is 5.99. The van der Waals surface area contributed by atoms with Crippen molar-refractivity contribution in [3.05, 3.63) is 62.5 Å². The number of nitrogens with zero attached hydrogens (tertiary/aromatic N) is 3. The summed E-state index contributed by atoms with van der Waals surface area (Å²) in [5, 5.41) is 9.89. The molecule has 1 aliphatic rings. The number of amidine groups is 1. The predicted molar refractivity (Wildman–Crippen MR) is 118 cm³/mol. The first-order chi connectivity index (χ1) is 14.0. The van der Waals surface area contributed by atoms with Crippen LogP contribution in [0.3, 0.4) is 0 Å². The Balaban J connectivity index is 1.88. The minimum Gasteiger partial charge on any atom is -0.493 e. The zero-order valence-corrected chi connectivity index (χ0v) is 18.5. The fourth-order valence-corrected chi connectivity index (χ4v) is 4.27. The first-order valence-electron chi connectivity index (χ1n) is 8.61. The summed E-state index contributed by atoms with van der Waals surface area (Å²) in [6.45, 7) is 0.231. The van der Waals surface area contributed by atoms with Gasteiger partial charge in [0.1, 0.15) is 6.61 Å². The first-order valence-corrected chi connectivity index (χ1v) is 10.2. The van der Waals surface area contributed by atoms with Crippen LogP contribution in [-0.2, 0) is 11.4 Å². The third kappa shape index (κ3) is 4.47. The van der Waals surface area contributed by atoms with Gasteiger partial charge in [-0.15, -0.1) is 0 Å². The van der Waals surface area contributed by atoms with E-state index in [2.05, 4.69) is 27.0 Å². The number of ether oxygens (including phenoxy) is 2. The largest absolute Gasteiger partial charge is 0.493 e. The molecule has 6 nitrogen and oxygen atoms in total. The van der Waals surface area contributed by atoms with Gasteiger partial charge in [0, 0.05) is 19.7 Å². The molecule has 0 bridgehead atoms. The van der Waals surface area contributed by atoms with Crippen molar-refractivity contribution in [2.45, 2.75) is 6.61 Å². The quantitative estimate of drug-likeness (QED) is 0.602. The number of likely N-dealkylation sites (N-methyl/N-ethyl adjacent to an activating group) is 1. The van der Waals surface area contributed by atoms with E-state index in [-0.39, 0.29) is 12.5 Å². The Bertz CT molecular complexity index is 1060. The number of thioether (sulfide) groups is 1. The summed E-state index contributed by atoms with van der Waals surface area (Å²) in [7, 11) is 4.91. The lowest BCUT2D eigenvalue weighted by Crippen LogP contribution is -2.23. The number of methoxy groups -OCH3 is 1. The maximum atomic E-state index is 12.4. The van der Waals surface area contributed by atoms with Crippen molar-refractivity contribution in [1.82, 2.24) is 4.90 Å². The monoisotopic (exact) mass is 471 g/mol. The van der Waals surface area contributed by atoms with E-state index in [1.807, 2.05) is 24.3 Å². The van der Waals surface area contributed by atoms with E-state index in [9.17, 15) is 10.1 Å². The van der Waals surface area contributed by atoms with Crippen LogP contribution in [0.25, 0.3) is 6.08 Å². The van der Waals surface area contributed by atoms with Crippen molar-refractivity contribution in [3.63, 3.8) is 0 Å². The molecule has 1 saturated heterocycles. The van der Waals surface area contributed by atoms with Gasteiger partial charge in [0.25, 0.3) is 5.91 Å². The van der Waals surface area contributed by atoms with Crippen molar-refractivity contribution in [2.75, 3.05) is 21.2 Å². The van der Waals surface area contributed by atoms with Crippen LogP contribution in [0, 0.1) is 11.3 Å². The number of carbonyl (C=O) groups is 1. The summed E-state index contributed by atoms with van der Waals surface area (Å²) in [5.41, 5.74) is 2.15. The lowest BCUT2D eigenvalue weighted by atomic mass is 10.1. The van der Waals surface area contributed by atoms with E-state index in [4.69, 9.17) is 9.47 Å². The highest BCUT2D eigenvalue weighted by molar-refractivity contribution is 9.10. The van der Waals surface area contributed by atoms with E-state index in [1.54, 1.807) is 39.4 Å². The van der Waals surface area contributed by atoms with Gasteiger partial charge in [-0.1, -0.05) is 18.2 Å². The number of rotatable bonds is 5. The molecule has 2 aromatic carbocycles. The molecule has 0 aliphatic carbocycles. The smallest absolute Gasteiger partial charge is 0.266 e. The van der Waals surface area contributed by atoms with Crippen molar-refractivity contribution in [3.8, 4) is 17.6 Å². The molecule has 0 spiro atoms. The van der Waals surface area contributed by atoms with Gasteiger partial charge in [-0.25, -0.2) is 0 Å². The molecule has 0 N–H and O–H groups in total. The number of hydrogen-bond acceptors (Lipinski definition) is 6. The summed E-state index contributed by atoms with van der Waals surface area (Å²) < 4.78 is 12.1. The van der Waals surface area contributed by atoms with Gasteiger partial charge < -0.3 is 9.47 Å². The minimum atomic E-state index is -0.0980. The summed E-state index contributed by atoms with van der Waals surface area (Å²) in [6, 6.07) is 13.1. The molecule has 1 fully saturated rings. The third-order valence-electron chi connectivity index (χ3n) is 4.25. The van der Waals surface area contributed by atoms with E-state index in [1.165, 1.54) is 16.7 Å². The fraction of sp³-hybridized carbons (Fsp3) is 0.190. The Hall–Kier alpha value is -2.76. The lowest BCUT2D eigenvalue weighted by molar-refractivity contribution is -0.121. The number of aliphatic imine (C=N–C) groups is 1. The second kappa shape index (κ2) is 9.16. The molecule has 148 valence electrons. The molecule has 8 heteroatoms. The standard InChI is InChI=1S/C21H18BrN3O3S/c1-24-21-25(2)20(26)18(29-21)10-13-8-16(22)19(17(9-13)27-3)28-12-15-7-5-4-6-14(15)11-23/h4-10H,12H2,1-3H3/b18-10+,24-21?. The SMILES string of the molecule is CN=C1S/C(=C/c2cc(Br)c(OCc3ccccc3C#N)c(OC)c2)C(=O)N1C. The average molecular weight is 472 g/mol. The normalized spacial score (nSPS) is 16.4. The second-order valence-corrected chi connectivity index (χ2v) is 7.94. The van der Waals surface area contributed by atoms with Gasteiger partial charge in [-0.05, 0) is 57.5 Å². The first kappa shape index (κ1) is 21.0. The van der Waals surface area contributed by atoms with Crippen molar-refractivity contribution < 1.29 is 14.3 Å². The molecule has 0 unspecified atom stereocenters. The average Bonchev–Trinajstić information content (AvgIpc) is 3.00.